The van der Waals surface area contributed by atoms with Gasteiger partial charge in [0.15, 0.2) is 11.5 Å². The molecule has 0 spiro atoms. The number of hydrogen-bond acceptors (Lipinski definition) is 9. The topological polar surface area (TPSA) is 166 Å². The molecule has 0 aliphatic carbocycles. The number of fused-ring (bicyclic) bond motifs is 1. The summed E-state index contributed by atoms with van der Waals surface area (Å²) in [4.78, 5) is 4.21. The molecule has 1 atom stereocenters. The zero-order valence-electron chi connectivity index (χ0n) is 34.4. The molecule has 0 aliphatic rings. The molecule has 4 aromatic rings. The van der Waals surface area contributed by atoms with E-state index < -0.39 is 26.0 Å². The summed E-state index contributed by atoms with van der Waals surface area (Å²) in [6.07, 6.45) is 7.20. The highest BCUT2D eigenvalue weighted by Gasteiger charge is 2.31. The van der Waals surface area contributed by atoms with Crippen molar-refractivity contribution in [3.05, 3.63) is 58.5 Å². The van der Waals surface area contributed by atoms with Crippen LogP contribution in [-0.4, -0.2) is 69.6 Å². The minimum atomic E-state index is -4.28. The van der Waals surface area contributed by atoms with Crippen LogP contribution in [0.4, 0.5) is 5.69 Å². The number of hydrogen-bond donors (Lipinski definition) is 3. The van der Waals surface area contributed by atoms with Gasteiger partial charge in [0.25, 0.3) is 10.0 Å². The highest BCUT2D eigenvalue weighted by molar-refractivity contribution is 7.93. The average Bonchev–Trinajstić information content (AvgIpc) is 3.65. The van der Waals surface area contributed by atoms with Crippen LogP contribution in [0.5, 0.6) is 11.5 Å². The minimum absolute atomic E-state index is 0.00936. The summed E-state index contributed by atoms with van der Waals surface area (Å²) in [6, 6.07) is 9.50. The molecule has 0 aliphatic heterocycles. The lowest BCUT2D eigenvalue weighted by Gasteiger charge is -2.33. The number of aromatic amines is 1. The molecule has 3 N–H and O–H groups in total. The third-order valence-corrected chi connectivity index (χ3v) is 12.7. The van der Waals surface area contributed by atoms with Gasteiger partial charge >= 0.3 is 0 Å². The Morgan fingerprint density at radius 2 is 1.50 bits per heavy atom. The monoisotopic (exact) mass is 836 g/mol. The summed E-state index contributed by atoms with van der Waals surface area (Å²) in [5, 5.41) is 7.85. The Balaban J connectivity index is 1.64. The molecule has 13 nitrogen and oxygen atoms in total. The smallest absolute Gasteiger partial charge is 0.265 e. The Morgan fingerprint density at radius 3 is 2.16 bits per heavy atom. The molecule has 2 aromatic carbocycles. The second kappa shape index (κ2) is 19.4. The number of H-pyrrole nitrogens is 1. The van der Waals surface area contributed by atoms with Crippen molar-refractivity contribution in [1.29, 1.82) is 0 Å². The van der Waals surface area contributed by atoms with Gasteiger partial charge in [0, 0.05) is 19.1 Å². The van der Waals surface area contributed by atoms with Crippen molar-refractivity contribution in [1.82, 2.24) is 24.5 Å². The molecule has 16 heteroatoms. The second-order valence-electron chi connectivity index (χ2n) is 16.2. The van der Waals surface area contributed by atoms with E-state index in [0.717, 1.165) is 44.1 Å². The van der Waals surface area contributed by atoms with Crippen molar-refractivity contribution in [3.63, 3.8) is 0 Å². The molecular weight excluding hydrogens is 776 g/mol. The number of halogens is 1. The van der Waals surface area contributed by atoms with Gasteiger partial charge in [-0.25, -0.2) is 26.5 Å². The number of sulfonamides is 2. The van der Waals surface area contributed by atoms with Gasteiger partial charge in [0.05, 0.1) is 24.6 Å². The Hall–Kier alpha value is -3.37. The Kier molecular flexibility index (Phi) is 15.7. The third kappa shape index (κ3) is 12.3. The van der Waals surface area contributed by atoms with E-state index in [-0.39, 0.29) is 57.6 Å². The zero-order valence-corrected chi connectivity index (χ0v) is 36.8. The van der Waals surface area contributed by atoms with Crippen LogP contribution in [-0.2, 0) is 30.2 Å². The van der Waals surface area contributed by atoms with Crippen LogP contribution in [0.1, 0.15) is 123 Å². The molecule has 0 bridgehead atoms. The molecule has 312 valence electrons. The quantitative estimate of drug-likeness (QED) is 0.0619. The van der Waals surface area contributed by atoms with Gasteiger partial charge in [-0.2, -0.15) is 4.63 Å². The average molecular weight is 838 g/mol. The Morgan fingerprint density at radius 1 is 0.857 bits per heavy atom. The van der Waals surface area contributed by atoms with Crippen molar-refractivity contribution in [3.8, 4) is 11.5 Å². The number of benzene rings is 2. The number of rotatable bonds is 23. The van der Waals surface area contributed by atoms with E-state index >= 15 is 0 Å². The maximum Gasteiger partial charge on any atom is 0.265 e. The van der Waals surface area contributed by atoms with Gasteiger partial charge in [-0.15, -0.1) is 5.10 Å². The largest absolute Gasteiger partial charge is 0.492 e. The lowest BCUT2D eigenvalue weighted by Crippen LogP contribution is -2.29. The first kappa shape index (κ1) is 45.3. The van der Waals surface area contributed by atoms with E-state index in [0.29, 0.717) is 35.4 Å². The highest BCUT2D eigenvalue weighted by Crippen LogP contribution is 2.39. The summed E-state index contributed by atoms with van der Waals surface area (Å²) >= 11 is 6.33. The fourth-order valence-corrected chi connectivity index (χ4v) is 9.44. The van der Waals surface area contributed by atoms with Crippen LogP contribution >= 0.6 is 11.6 Å². The van der Waals surface area contributed by atoms with Gasteiger partial charge < -0.3 is 14.2 Å². The number of aryl methyl sites for hydroxylation is 1. The van der Waals surface area contributed by atoms with E-state index in [2.05, 4.69) is 66.2 Å². The van der Waals surface area contributed by atoms with E-state index in [1.165, 1.54) is 29.3 Å². The molecule has 2 heterocycles. The Labute approximate surface area is 338 Å². The third-order valence-electron chi connectivity index (χ3n) is 9.36. The molecule has 56 heavy (non-hydrogen) atoms. The number of aromatic nitrogens is 4. The molecule has 4 rings (SSSR count). The van der Waals surface area contributed by atoms with Gasteiger partial charge in [0.1, 0.15) is 32.9 Å². The van der Waals surface area contributed by atoms with Crippen LogP contribution in [0.2, 0.25) is 5.02 Å². The summed E-state index contributed by atoms with van der Waals surface area (Å²) in [7, 11) is -8.54. The first-order chi connectivity index (χ1) is 26.3. The lowest BCUT2D eigenvalue weighted by atomic mass is 9.72. The van der Waals surface area contributed by atoms with Gasteiger partial charge in [-0.05, 0) is 73.4 Å². The van der Waals surface area contributed by atoms with E-state index in [9.17, 15) is 16.8 Å². The van der Waals surface area contributed by atoms with Crippen LogP contribution < -0.4 is 18.9 Å². The number of ether oxygens (including phenoxy) is 3. The predicted octanol–water partition coefficient (Wildman–Crippen LogP) is 8.77. The molecule has 0 saturated heterocycles. The summed E-state index contributed by atoms with van der Waals surface area (Å²) in [5.74, 6) is 0.222. The Bertz CT molecular complexity index is 2130. The highest BCUT2D eigenvalue weighted by atomic mass is 35.5. The normalized spacial score (nSPS) is 13.3. The summed E-state index contributed by atoms with van der Waals surface area (Å²) < 4.78 is 80.6. The molecule has 2 aromatic heterocycles. The summed E-state index contributed by atoms with van der Waals surface area (Å²) in [6.45, 7) is 19.4. The van der Waals surface area contributed by atoms with Gasteiger partial charge in [0.2, 0.25) is 10.0 Å². The molecular formula is C40H61ClN6O7S2. The maximum absolute atomic E-state index is 14.3. The molecule has 0 amide bonds. The minimum Gasteiger partial charge on any atom is -0.492 e. The van der Waals surface area contributed by atoms with Crippen molar-refractivity contribution in [2.45, 2.75) is 128 Å². The molecule has 0 radical (unpaired) electrons. The number of nitrogens with zero attached hydrogens (tertiary/aromatic N) is 3. The standard InChI is InChI=1S/C40H61ClN6O7S2/c1-10-12-13-14-15-16-21-53-32-19-17-30(40(8,9)27-39(5,6)7)24-34(32)56(50,51)46-31-18-20-33(54-23-22-52-11-2)35(25-31)55(48,49)42-26-28(3)37-43-38-36(41)29(4)44-47(38)45-37/h17-20,24-25,28,42,44,46H,10-16,21-23,26-27H2,1-9H3. The van der Waals surface area contributed by atoms with Crippen molar-refractivity contribution in [2.75, 3.05) is 37.7 Å². The first-order valence-corrected chi connectivity index (χ1v) is 22.9. The fourth-order valence-electron chi connectivity index (χ4n) is 6.75. The fraction of sp³-hybridized carbons (Fsp3) is 0.600. The number of anilines is 1. The van der Waals surface area contributed by atoms with Crippen LogP contribution in [0.15, 0.2) is 46.2 Å². The van der Waals surface area contributed by atoms with E-state index in [4.69, 9.17) is 25.8 Å². The van der Waals surface area contributed by atoms with Crippen LogP contribution in [0.25, 0.3) is 5.65 Å². The van der Waals surface area contributed by atoms with Gasteiger partial charge in [-0.1, -0.05) is 98.2 Å². The first-order valence-electron chi connectivity index (χ1n) is 19.5. The van der Waals surface area contributed by atoms with Gasteiger partial charge in [-0.3, -0.25) is 9.82 Å². The number of nitrogens with one attached hydrogen (secondary N) is 3. The van der Waals surface area contributed by atoms with Crippen molar-refractivity contribution in [2.24, 2.45) is 5.41 Å². The zero-order chi connectivity index (χ0) is 41.3. The predicted molar refractivity (Wildman–Crippen MR) is 222 cm³/mol. The maximum atomic E-state index is 14.3. The molecule has 0 fully saturated rings. The SMILES string of the molecule is CCCCCCCCOc1ccc(C(C)(C)CC(C)(C)C)cc1S(=O)(=O)Nc1ccc(OCCOCC)c(S(=O)(=O)NCC(C)c2nc3c(Cl)c(C)[nH]n3n2)c1. The molecule has 1 unspecified atom stereocenters. The van der Waals surface area contributed by atoms with E-state index in [1.54, 1.807) is 26.0 Å². The number of unbranched alkanes of at least 4 members (excludes halogenated alkanes) is 5. The van der Waals surface area contributed by atoms with Crippen molar-refractivity contribution < 1.29 is 31.0 Å². The molecule has 0 saturated carbocycles. The van der Waals surface area contributed by atoms with Crippen LogP contribution in [0, 0.1) is 12.3 Å². The van der Waals surface area contributed by atoms with E-state index in [1.807, 2.05) is 13.0 Å². The lowest BCUT2D eigenvalue weighted by molar-refractivity contribution is 0.109. The van der Waals surface area contributed by atoms with Crippen molar-refractivity contribution >= 4 is 43.0 Å². The second-order valence-corrected chi connectivity index (χ2v) is 20.0. The summed E-state index contributed by atoms with van der Waals surface area (Å²) in [5.41, 5.74) is 1.67. The van der Waals surface area contributed by atoms with Crippen LogP contribution in [0.3, 0.4) is 0 Å².